The summed E-state index contributed by atoms with van der Waals surface area (Å²) in [6.45, 7) is 0. The van der Waals surface area contributed by atoms with Crippen LogP contribution in [0.3, 0.4) is 0 Å². The van der Waals surface area contributed by atoms with Crippen LogP contribution in [0, 0.1) is 0 Å². The molecule has 0 aromatic heterocycles. The maximum Gasteiger partial charge on any atom is 0.329 e. The molecule has 9 heteroatoms. The quantitative estimate of drug-likeness (QED) is 0.303. The van der Waals surface area contributed by atoms with Gasteiger partial charge >= 0.3 is 11.8 Å². The summed E-state index contributed by atoms with van der Waals surface area (Å²) in [5, 5.41) is 9.90. The van der Waals surface area contributed by atoms with Crippen molar-refractivity contribution in [1.29, 1.82) is 0 Å². The van der Waals surface area contributed by atoms with E-state index in [0.29, 0.717) is 21.3 Å². The highest BCUT2D eigenvalue weighted by Gasteiger charge is 2.17. The lowest BCUT2D eigenvalue weighted by molar-refractivity contribution is -0.136. The summed E-state index contributed by atoms with van der Waals surface area (Å²) in [6, 6.07) is 19.7. The highest BCUT2D eigenvalue weighted by molar-refractivity contribution is 6.40. The van der Waals surface area contributed by atoms with Crippen LogP contribution in [0.1, 0.15) is 15.9 Å². The molecule has 0 atom stereocenters. The van der Waals surface area contributed by atoms with Crippen molar-refractivity contribution < 1.29 is 14.4 Å². The number of para-hydroxylation sites is 1. The van der Waals surface area contributed by atoms with Crippen molar-refractivity contribution >= 4 is 58.5 Å². The third-order valence-electron chi connectivity index (χ3n) is 3.96. The average Bonchev–Trinajstić information content (AvgIpc) is 2.75. The van der Waals surface area contributed by atoms with Crippen LogP contribution in [0.4, 0.5) is 11.4 Å². The fourth-order valence-electron chi connectivity index (χ4n) is 2.50. The number of rotatable bonds is 5. The van der Waals surface area contributed by atoms with E-state index in [1.54, 1.807) is 60.7 Å². The van der Waals surface area contributed by atoms with Crippen LogP contribution in [0.25, 0.3) is 0 Å². The highest BCUT2D eigenvalue weighted by atomic mass is 35.5. The highest BCUT2D eigenvalue weighted by Crippen LogP contribution is 2.19. The number of hydrogen-bond acceptors (Lipinski definition) is 4. The number of nitrogens with one attached hydrogen (secondary N) is 3. The maximum absolute atomic E-state index is 12.6. The van der Waals surface area contributed by atoms with E-state index in [2.05, 4.69) is 21.2 Å². The Morgan fingerprint density at radius 1 is 0.774 bits per heavy atom. The SMILES string of the molecule is O=C(N/N=C/c1cccc(Cl)c1)C(=O)Nc1ccccc1C(=O)Nc1ccc(Cl)cc1. The van der Waals surface area contributed by atoms with E-state index in [4.69, 9.17) is 23.2 Å². The minimum Gasteiger partial charge on any atom is -0.322 e. The van der Waals surface area contributed by atoms with E-state index in [0.717, 1.165) is 0 Å². The second-order valence-corrected chi connectivity index (χ2v) is 7.09. The summed E-state index contributed by atoms with van der Waals surface area (Å²) >= 11 is 11.7. The summed E-state index contributed by atoms with van der Waals surface area (Å²) < 4.78 is 0. The van der Waals surface area contributed by atoms with Gasteiger partial charge in [-0.25, -0.2) is 5.43 Å². The lowest BCUT2D eigenvalue weighted by Crippen LogP contribution is -2.33. The number of carbonyl (C=O) groups is 3. The molecule has 0 aliphatic carbocycles. The van der Waals surface area contributed by atoms with Crippen LogP contribution in [0.2, 0.25) is 10.0 Å². The second-order valence-electron chi connectivity index (χ2n) is 6.21. The summed E-state index contributed by atoms with van der Waals surface area (Å²) in [5.74, 6) is -2.43. The first kappa shape index (κ1) is 22.0. The van der Waals surface area contributed by atoms with Gasteiger partial charge in [0, 0.05) is 15.7 Å². The number of hydrogen-bond donors (Lipinski definition) is 3. The molecular formula is C22H16Cl2N4O3. The normalized spacial score (nSPS) is 10.5. The number of halogens is 2. The Balaban J connectivity index is 1.63. The molecule has 0 fully saturated rings. The van der Waals surface area contributed by atoms with Gasteiger partial charge in [0.1, 0.15) is 0 Å². The zero-order chi connectivity index (χ0) is 22.2. The number of anilines is 2. The van der Waals surface area contributed by atoms with Crippen molar-refractivity contribution in [1.82, 2.24) is 5.43 Å². The Labute approximate surface area is 188 Å². The van der Waals surface area contributed by atoms with Gasteiger partial charge < -0.3 is 10.6 Å². The lowest BCUT2D eigenvalue weighted by Gasteiger charge is -2.11. The Bertz CT molecular complexity index is 1150. The molecule has 3 N–H and O–H groups in total. The molecule has 0 unspecified atom stereocenters. The van der Waals surface area contributed by atoms with Crippen molar-refractivity contribution in [2.45, 2.75) is 0 Å². The van der Waals surface area contributed by atoms with Crippen LogP contribution in [0.5, 0.6) is 0 Å². The first-order valence-corrected chi connectivity index (χ1v) is 9.74. The van der Waals surface area contributed by atoms with Gasteiger partial charge in [-0.3, -0.25) is 14.4 Å². The molecule has 3 rings (SSSR count). The van der Waals surface area contributed by atoms with Gasteiger partial charge in [0.05, 0.1) is 17.5 Å². The first-order chi connectivity index (χ1) is 14.9. The number of benzene rings is 3. The van der Waals surface area contributed by atoms with Crippen LogP contribution >= 0.6 is 23.2 Å². The van der Waals surface area contributed by atoms with Gasteiger partial charge in [0.2, 0.25) is 0 Å². The predicted octanol–water partition coefficient (Wildman–Crippen LogP) is 4.33. The Kier molecular flexibility index (Phi) is 7.37. The molecule has 0 aliphatic heterocycles. The Morgan fingerprint density at radius 2 is 1.52 bits per heavy atom. The molecule has 0 bridgehead atoms. The third-order valence-corrected chi connectivity index (χ3v) is 4.44. The summed E-state index contributed by atoms with van der Waals surface area (Å²) in [6.07, 6.45) is 1.35. The van der Waals surface area contributed by atoms with Gasteiger partial charge in [0.25, 0.3) is 5.91 Å². The van der Waals surface area contributed by atoms with Crippen LogP contribution in [0.15, 0.2) is 77.9 Å². The van der Waals surface area contributed by atoms with E-state index in [-0.39, 0.29) is 11.3 Å². The zero-order valence-electron chi connectivity index (χ0n) is 15.9. The number of hydrazone groups is 1. The van der Waals surface area contributed by atoms with Crippen LogP contribution in [-0.4, -0.2) is 23.9 Å². The predicted molar refractivity (Wildman–Crippen MR) is 122 cm³/mol. The lowest BCUT2D eigenvalue weighted by atomic mass is 10.1. The number of nitrogens with zero attached hydrogens (tertiary/aromatic N) is 1. The minimum atomic E-state index is -0.994. The van der Waals surface area contributed by atoms with Gasteiger partial charge in [0.15, 0.2) is 0 Å². The molecule has 0 heterocycles. The fraction of sp³-hybridized carbons (Fsp3) is 0. The Hall–Kier alpha value is -3.68. The fourth-order valence-corrected chi connectivity index (χ4v) is 2.83. The molecule has 0 radical (unpaired) electrons. The van der Waals surface area contributed by atoms with Crippen molar-refractivity contribution in [3.63, 3.8) is 0 Å². The molecule has 3 amide bonds. The van der Waals surface area contributed by atoms with E-state index in [1.165, 1.54) is 18.3 Å². The maximum atomic E-state index is 12.6. The van der Waals surface area contributed by atoms with Gasteiger partial charge in [-0.15, -0.1) is 0 Å². The minimum absolute atomic E-state index is 0.174. The van der Waals surface area contributed by atoms with Crippen LogP contribution in [-0.2, 0) is 9.59 Å². The van der Waals surface area contributed by atoms with Crippen LogP contribution < -0.4 is 16.1 Å². The van der Waals surface area contributed by atoms with Crippen molar-refractivity contribution in [2.24, 2.45) is 5.10 Å². The molecule has 7 nitrogen and oxygen atoms in total. The molecule has 3 aromatic rings. The molecule has 3 aromatic carbocycles. The Morgan fingerprint density at radius 3 is 2.26 bits per heavy atom. The summed E-state index contributed by atoms with van der Waals surface area (Å²) in [5.41, 5.74) is 3.66. The molecule has 0 aliphatic rings. The second kappa shape index (κ2) is 10.4. The monoisotopic (exact) mass is 454 g/mol. The average molecular weight is 455 g/mol. The van der Waals surface area contributed by atoms with E-state index < -0.39 is 17.7 Å². The van der Waals surface area contributed by atoms with Gasteiger partial charge in [-0.1, -0.05) is 47.5 Å². The smallest absolute Gasteiger partial charge is 0.322 e. The van der Waals surface area contributed by atoms with Gasteiger partial charge in [-0.05, 0) is 54.1 Å². The molecule has 156 valence electrons. The number of carbonyl (C=O) groups excluding carboxylic acids is 3. The molecular weight excluding hydrogens is 439 g/mol. The summed E-state index contributed by atoms with van der Waals surface area (Å²) in [4.78, 5) is 36.8. The first-order valence-electron chi connectivity index (χ1n) is 8.98. The standard InChI is InChI=1S/C22H16Cl2N4O3/c23-15-8-10-17(11-9-15)26-20(29)18-6-1-2-7-19(18)27-21(30)22(31)28-25-13-14-4-3-5-16(24)12-14/h1-13H,(H,26,29)(H,27,30)(H,28,31)/b25-13+. The molecule has 0 spiro atoms. The molecule has 31 heavy (non-hydrogen) atoms. The van der Waals surface area contributed by atoms with E-state index >= 15 is 0 Å². The molecule has 0 saturated heterocycles. The van der Waals surface area contributed by atoms with Crippen molar-refractivity contribution in [2.75, 3.05) is 10.6 Å². The largest absolute Gasteiger partial charge is 0.329 e. The molecule has 0 saturated carbocycles. The summed E-state index contributed by atoms with van der Waals surface area (Å²) in [7, 11) is 0. The zero-order valence-corrected chi connectivity index (χ0v) is 17.4. The topological polar surface area (TPSA) is 99.7 Å². The van der Waals surface area contributed by atoms with E-state index in [9.17, 15) is 14.4 Å². The van der Waals surface area contributed by atoms with Crippen molar-refractivity contribution in [3.05, 3.63) is 94.0 Å². The third kappa shape index (κ3) is 6.40. The van der Waals surface area contributed by atoms with Gasteiger partial charge in [-0.2, -0.15) is 5.10 Å². The number of amides is 3. The van der Waals surface area contributed by atoms with E-state index in [1.807, 2.05) is 0 Å². The van der Waals surface area contributed by atoms with Crippen molar-refractivity contribution in [3.8, 4) is 0 Å².